The molecule has 1 saturated carbocycles. The van der Waals surface area contributed by atoms with Gasteiger partial charge in [-0.1, -0.05) is 0 Å². The number of nitrogens with zero attached hydrogens (tertiary/aromatic N) is 4. The van der Waals surface area contributed by atoms with Crippen LogP contribution in [-0.2, 0) is 0 Å². The van der Waals surface area contributed by atoms with E-state index in [0.29, 0.717) is 28.3 Å². The molecule has 0 bridgehead atoms. The highest BCUT2D eigenvalue weighted by Gasteiger charge is 2.44. The minimum absolute atomic E-state index is 0.0126. The molecule has 10 heteroatoms. The van der Waals surface area contributed by atoms with Crippen molar-refractivity contribution in [1.29, 1.82) is 0 Å². The number of amides is 1. The predicted octanol–water partition coefficient (Wildman–Crippen LogP) is 4.47. The van der Waals surface area contributed by atoms with E-state index in [9.17, 15) is 18.7 Å². The first kappa shape index (κ1) is 25.6. The molecule has 1 atom stereocenters. The Labute approximate surface area is 223 Å². The second-order valence-electron chi connectivity index (χ2n) is 10.5. The normalized spacial score (nSPS) is 21.4. The van der Waals surface area contributed by atoms with Crippen LogP contribution in [-0.4, -0.2) is 59.6 Å². The van der Waals surface area contributed by atoms with E-state index in [0.717, 1.165) is 22.3 Å². The quantitative estimate of drug-likeness (QED) is 0.470. The van der Waals surface area contributed by atoms with E-state index in [1.54, 1.807) is 17.9 Å². The highest BCUT2D eigenvalue weighted by Crippen LogP contribution is 2.54. The van der Waals surface area contributed by atoms with Crippen LogP contribution in [0, 0.1) is 15.9 Å². The fourth-order valence-electron chi connectivity index (χ4n) is 5.17. The standard InChI is InChI=1S/C26H32F2IN5O2/c1-17-14-20(32-24(31-17)34-12-8-26(27,28)9-13-34)22(35)16-30-23(36)19-3-2-18(29)15-21(19)33-10-6-25(4-5-25)7-11-33/h2-3,14-15,22,35H,4-13,16H2,1H3,(H,30,36). The van der Waals surface area contributed by atoms with Crippen molar-refractivity contribution in [2.75, 3.05) is 42.5 Å². The van der Waals surface area contributed by atoms with Crippen molar-refractivity contribution in [3.63, 3.8) is 0 Å². The van der Waals surface area contributed by atoms with Gasteiger partial charge < -0.3 is 20.2 Å². The molecule has 2 saturated heterocycles. The number of aryl methyl sites for hydroxylation is 1. The Morgan fingerprint density at radius 3 is 2.39 bits per heavy atom. The van der Waals surface area contributed by atoms with Crippen LogP contribution in [0.5, 0.6) is 0 Å². The molecule has 3 aliphatic rings. The van der Waals surface area contributed by atoms with Gasteiger partial charge in [0.15, 0.2) is 0 Å². The SMILES string of the molecule is Cc1cc(C(O)CNC(=O)c2ccc(I)cc2N2CCC3(CC2)CC3)nc(N2CCC(F)(F)CC2)n1. The summed E-state index contributed by atoms with van der Waals surface area (Å²) in [6, 6.07) is 7.49. The molecule has 7 nitrogen and oxygen atoms in total. The molecule has 1 amide bonds. The number of benzene rings is 1. The van der Waals surface area contributed by atoms with Crippen molar-refractivity contribution >= 4 is 40.1 Å². The number of carbonyl (C=O) groups excluding carboxylic acids is 1. The van der Waals surface area contributed by atoms with Gasteiger partial charge in [-0.25, -0.2) is 18.7 Å². The lowest BCUT2D eigenvalue weighted by Gasteiger charge is -2.35. The zero-order chi connectivity index (χ0) is 25.5. The first-order valence-corrected chi connectivity index (χ1v) is 13.7. The predicted molar refractivity (Wildman–Crippen MR) is 143 cm³/mol. The average molecular weight is 611 g/mol. The number of carbonyl (C=O) groups is 1. The van der Waals surface area contributed by atoms with Crippen molar-refractivity contribution in [3.05, 3.63) is 44.8 Å². The summed E-state index contributed by atoms with van der Waals surface area (Å²) in [6.45, 7) is 4.00. The maximum absolute atomic E-state index is 13.6. The van der Waals surface area contributed by atoms with Gasteiger partial charge in [-0.15, -0.1) is 0 Å². The summed E-state index contributed by atoms with van der Waals surface area (Å²) in [5.74, 6) is -2.56. The number of hydrogen-bond acceptors (Lipinski definition) is 6. The van der Waals surface area contributed by atoms with Crippen LogP contribution in [0.15, 0.2) is 24.3 Å². The molecule has 1 aromatic heterocycles. The highest BCUT2D eigenvalue weighted by molar-refractivity contribution is 14.1. The first-order chi connectivity index (χ1) is 17.1. The zero-order valence-corrected chi connectivity index (χ0v) is 22.6. The van der Waals surface area contributed by atoms with Gasteiger partial charge >= 0.3 is 0 Å². The number of halogens is 3. The molecule has 1 aromatic carbocycles. The smallest absolute Gasteiger partial charge is 0.253 e. The minimum Gasteiger partial charge on any atom is -0.385 e. The Morgan fingerprint density at radius 1 is 1.06 bits per heavy atom. The van der Waals surface area contributed by atoms with Gasteiger partial charge in [0.1, 0.15) is 6.10 Å². The summed E-state index contributed by atoms with van der Waals surface area (Å²) >= 11 is 2.27. The van der Waals surface area contributed by atoms with Gasteiger partial charge in [-0.3, -0.25) is 4.79 Å². The van der Waals surface area contributed by atoms with Gasteiger partial charge in [0.25, 0.3) is 11.8 Å². The topological polar surface area (TPSA) is 81.6 Å². The van der Waals surface area contributed by atoms with E-state index >= 15 is 0 Å². The van der Waals surface area contributed by atoms with E-state index in [1.807, 2.05) is 12.1 Å². The lowest BCUT2D eigenvalue weighted by molar-refractivity contribution is -0.0222. The summed E-state index contributed by atoms with van der Waals surface area (Å²) < 4.78 is 28.2. The Kier molecular flexibility index (Phi) is 7.10. The van der Waals surface area contributed by atoms with E-state index < -0.39 is 12.0 Å². The van der Waals surface area contributed by atoms with Gasteiger partial charge in [0.05, 0.1) is 16.9 Å². The summed E-state index contributed by atoms with van der Waals surface area (Å²) in [5.41, 5.74) is 3.09. The van der Waals surface area contributed by atoms with Crippen LogP contribution in [0.4, 0.5) is 20.4 Å². The van der Waals surface area contributed by atoms with Crippen LogP contribution < -0.4 is 15.1 Å². The number of aromatic nitrogens is 2. The Bertz CT molecular complexity index is 1120. The molecule has 1 unspecified atom stereocenters. The molecule has 194 valence electrons. The van der Waals surface area contributed by atoms with Crippen LogP contribution in [0.25, 0.3) is 0 Å². The van der Waals surface area contributed by atoms with Crippen LogP contribution >= 0.6 is 22.6 Å². The average Bonchev–Trinajstić information content (AvgIpc) is 3.61. The van der Waals surface area contributed by atoms with Crippen LogP contribution in [0.3, 0.4) is 0 Å². The van der Waals surface area contributed by atoms with Crippen LogP contribution in [0.1, 0.15) is 66.4 Å². The number of aliphatic hydroxyl groups excluding tert-OH is 1. The number of anilines is 2. The largest absolute Gasteiger partial charge is 0.385 e. The molecule has 3 heterocycles. The molecule has 2 N–H and O–H groups in total. The number of aliphatic hydroxyl groups is 1. The molecular formula is C26H32F2IN5O2. The zero-order valence-electron chi connectivity index (χ0n) is 20.4. The molecular weight excluding hydrogens is 579 g/mol. The Hall–Kier alpha value is -2.08. The van der Waals surface area contributed by atoms with Gasteiger partial charge in [0.2, 0.25) is 5.95 Å². The second kappa shape index (κ2) is 10.00. The number of hydrogen-bond donors (Lipinski definition) is 2. The fourth-order valence-corrected chi connectivity index (χ4v) is 5.64. The molecule has 3 fully saturated rings. The maximum Gasteiger partial charge on any atom is 0.253 e. The van der Waals surface area contributed by atoms with Crippen LogP contribution in [0.2, 0.25) is 0 Å². The molecule has 2 aromatic rings. The van der Waals surface area contributed by atoms with Crippen molar-refractivity contribution in [3.8, 4) is 0 Å². The molecule has 1 aliphatic carbocycles. The monoisotopic (exact) mass is 611 g/mol. The van der Waals surface area contributed by atoms with Gasteiger partial charge in [0, 0.05) is 54.8 Å². The summed E-state index contributed by atoms with van der Waals surface area (Å²) in [7, 11) is 0. The number of rotatable bonds is 6. The maximum atomic E-state index is 13.6. The third-order valence-corrected chi connectivity index (χ3v) is 8.43. The highest BCUT2D eigenvalue weighted by atomic mass is 127. The summed E-state index contributed by atoms with van der Waals surface area (Å²) in [4.78, 5) is 26.0. The Morgan fingerprint density at radius 2 is 1.72 bits per heavy atom. The van der Waals surface area contributed by atoms with E-state index in [2.05, 4.69) is 48.8 Å². The lowest BCUT2D eigenvalue weighted by Crippen LogP contribution is -2.40. The molecule has 1 spiro atoms. The molecule has 5 rings (SSSR count). The van der Waals surface area contributed by atoms with Gasteiger partial charge in [-0.05, 0) is 84.9 Å². The van der Waals surface area contributed by atoms with Crippen molar-refractivity contribution in [2.24, 2.45) is 5.41 Å². The number of piperidine rings is 2. The Balaban J connectivity index is 1.25. The molecule has 0 radical (unpaired) electrons. The summed E-state index contributed by atoms with van der Waals surface area (Å²) in [5, 5.41) is 13.7. The number of alkyl halides is 2. The molecule has 2 aliphatic heterocycles. The third kappa shape index (κ3) is 5.74. The van der Waals surface area contributed by atoms with Gasteiger partial charge in [-0.2, -0.15) is 0 Å². The summed E-state index contributed by atoms with van der Waals surface area (Å²) in [6.07, 6.45) is 3.46. The van der Waals surface area contributed by atoms with Crippen molar-refractivity contribution in [1.82, 2.24) is 15.3 Å². The van der Waals surface area contributed by atoms with E-state index in [-0.39, 0.29) is 38.4 Å². The fraction of sp³-hybridized carbons (Fsp3) is 0.577. The first-order valence-electron chi connectivity index (χ1n) is 12.6. The lowest BCUT2D eigenvalue weighted by atomic mass is 9.93. The minimum atomic E-state index is -2.66. The number of nitrogens with one attached hydrogen (secondary N) is 1. The van der Waals surface area contributed by atoms with Crippen molar-refractivity contribution in [2.45, 2.75) is 57.5 Å². The van der Waals surface area contributed by atoms with E-state index in [1.165, 1.54) is 25.7 Å². The molecule has 36 heavy (non-hydrogen) atoms. The van der Waals surface area contributed by atoms with E-state index in [4.69, 9.17) is 0 Å². The third-order valence-electron chi connectivity index (χ3n) is 7.76. The van der Waals surface area contributed by atoms with Crippen molar-refractivity contribution < 1.29 is 18.7 Å². The second-order valence-corrected chi connectivity index (χ2v) is 11.7.